The van der Waals surface area contributed by atoms with Crippen LogP contribution in [0.1, 0.15) is 49.9 Å². The summed E-state index contributed by atoms with van der Waals surface area (Å²) in [6.45, 7) is 4.39. The van der Waals surface area contributed by atoms with Crippen molar-refractivity contribution in [1.29, 1.82) is 0 Å². The predicted octanol–water partition coefficient (Wildman–Crippen LogP) is 2.89. The molecule has 0 saturated heterocycles. The molecular weight excluding hydrogens is 378 g/mol. The SMILES string of the molecule is COCCNc1ccc([N+](=O)[O-])cc1C(=O)O[C@H](C)C(=O)N[C@@H]1CCCC[C@@H]1C. The van der Waals surface area contributed by atoms with E-state index in [0.717, 1.165) is 31.7 Å². The second kappa shape index (κ2) is 10.8. The van der Waals surface area contributed by atoms with E-state index in [9.17, 15) is 19.7 Å². The number of esters is 1. The van der Waals surface area contributed by atoms with Gasteiger partial charge in [-0.2, -0.15) is 0 Å². The molecule has 1 aliphatic carbocycles. The summed E-state index contributed by atoms with van der Waals surface area (Å²) in [5, 5.41) is 17.0. The first-order valence-electron chi connectivity index (χ1n) is 9.86. The number of amides is 1. The number of methoxy groups -OCH3 is 1. The Bertz CT molecular complexity index is 739. The average molecular weight is 407 g/mol. The summed E-state index contributed by atoms with van der Waals surface area (Å²) >= 11 is 0. The summed E-state index contributed by atoms with van der Waals surface area (Å²) in [5.41, 5.74) is 0.148. The average Bonchev–Trinajstić information content (AvgIpc) is 2.69. The zero-order valence-electron chi connectivity index (χ0n) is 17.1. The van der Waals surface area contributed by atoms with Crippen LogP contribution < -0.4 is 10.6 Å². The third-order valence-corrected chi connectivity index (χ3v) is 5.15. The summed E-state index contributed by atoms with van der Waals surface area (Å²) in [4.78, 5) is 35.6. The number of ether oxygens (including phenoxy) is 2. The molecule has 1 amide bonds. The van der Waals surface area contributed by atoms with Gasteiger partial charge >= 0.3 is 5.97 Å². The molecule has 2 N–H and O–H groups in total. The van der Waals surface area contributed by atoms with Gasteiger partial charge in [0.05, 0.1) is 17.1 Å². The number of nitrogens with one attached hydrogen (secondary N) is 2. The van der Waals surface area contributed by atoms with Crippen LogP contribution in [-0.2, 0) is 14.3 Å². The highest BCUT2D eigenvalue weighted by molar-refractivity contribution is 5.98. The van der Waals surface area contributed by atoms with Crippen LogP contribution in [-0.4, -0.2) is 49.2 Å². The maximum atomic E-state index is 12.6. The number of non-ortho nitro benzene ring substituents is 1. The lowest BCUT2D eigenvalue weighted by Crippen LogP contribution is -2.46. The van der Waals surface area contributed by atoms with Crippen LogP contribution in [0.3, 0.4) is 0 Å². The number of rotatable bonds is 9. The molecule has 0 heterocycles. The Morgan fingerprint density at radius 2 is 2.03 bits per heavy atom. The third kappa shape index (κ3) is 6.42. The maximum Gasteiger partial charge on any atom is 0.341 e. The van der Waals surface area contributed by atoms with E-state index in [1.165, 1.54) is 19.1 Å². The van der Waals surface area contributed by atoms with Gasteiger partial charge in [-0.25, -0.2) is 4.79 Å². The molecule has 0 aromatic heterocycles. The third-order valence-electron chi connectivity index (χ3n) is 5.15. The molecule has 1 aromatic carbocycles. The van der Waals surface area contributed by atoms with E-state index >= 15 is 0 Å². The highest BCUT2D eigenvalue weighted by Gasteiger charge is 2.27. The lowest BCUT2D eigenvalue weighted by atomic mass is 9.86. The Kier molecular flexibility index (Phi) is 8.38. The van der Waals surface area contributed by atoms with Crippen molar-refractivity contribution < 1.29 is 24.0 Å². The first kappa shape index (κ1) is 22.6. The van der Waals surface area contributed by atoms with Crippen molar-refractivity contribution in [2.75, 3.05) is 25.6 Å². The van der Waals surface area contributed by atoms with E-state index in [1.807, 2.05) is 0 Å². The fraction of sp³-hybridized carbons (Fsp3) is 0.600. The molecule has 9 heteroatoms. The Morgan fingerprint density at radius 1 is 1.31 bits per heavy atom. The number of hydrogen-bond donors (Lipinski definition) is 2. The van der Waals surface area contributed by atoms with E-state index in [-0.39, 0.29) is 23.2 Å². The second-order valence-corrected chi connectivity index (χ2v) is 7.33. The largest absolute Gasteiger partial charge is 0.449 e. The van der Waals surface area contributed by atoms with Gasteiger partial charge in [-0.05, 0) is 31.7 Å². The molecule has 1 aromatic rings. The zero-order valence-corrected chi connectivity index (χ0v) is 17.1. The topological polar surface area (TPSA) is 120 Å². The maximum absolute atomic E-state index is 12.6. The first-order chi connectivity index (χ1) is 13.8. The molecule has 0 spiro atoms. The summed E-state index contributed by atoms with van der Waals surface area (Å²) in [5.74, 6) is -0.784. The highest BCUT2D eigenvalue weighted by Crippen LogP contribution is 2.25. The van der Waals surface area contributed by atoms with Gasteiger partial charge < -0.3 is 20.1 Å². The van der Waals surface area contributed by atoms with Crippen LogP contribution >= 0.6 is 0 Å². The molecule has 2 rings (SSSR count). The number of nitro benzene ring substituents is 1. The van der Waals surface area contributed by atoms with Gasteiger partial charge in [0.25, 0.3) is 11.6 Å². The van der Waals surface area contributed by atoms with Crippen molar-refractivity contribution in [2.24, 2.45) is 5.92 Å². The quantitative estimate of drug-likeness (QED) is 0.279. The zero-order chi connectivity index (χ0) is 21.4. The number of anilines is 1. The van der Waals surface area contributed by atoms with Gasteiger partial charge in [0.2, 0.25) is 0 Å². The minimum Gasteiger partial charge on any atom is -0.449 e. The van der Waals surface area contributed by atoms with Crippen molar-refractivity contribution in [3.8, 4) is 0 Å². The summed E-state index contributed by atoms with van der Waals surface area (Å²) in [7, 11) is 1.54. The van der Waals surface area contributed by atoms with Crippen molar-refractivity contribution in [2.45, 2.75) is 51.7 Å². The molecule has 0 unspecified atom stereocenters. The summed E-state index contributed by atoms with van der Waals surface area (Å²) in [6.07, 6.45) is 3.18. The lowest BCUT2D eigenvalue weighted by Gasteiger charge is -2.30. The standard InChI is InChI=1S/C20H29N3O6/c1-13-6-4-5-7-17(13)22-19(24)14(2)29-20(25)16-12-15(23(26)27)8-9-18(16)21-10-11-28-3/h8-9,12-14,17,21H,4-7,10-11H2,1-3H3,(H,22,24)/t13-,14+,17+/m0/s1. The van der Waals surface area contributed by atoms with E-state index in [0.29, 0.717) is 24.8 Å². The van der Waals surface area contributed by atoms with Gasteiger partial charge in [0, 0.05) is 37.5 Å². The van der Waals surface area contributed by atoms with E-state index in [2.05, 4.69) is 17.6 Å². The normalized spacial score (nSPS) is 19.8. The summed E-state index contributed by atoms with van der Waals surface area (Å²) in [6, 6.07) is 3.96. The number of carbonyl (C=O) groups excluding carboxylic acids is 2. The Hall–Kier alpha value is -2.68. The molecule has 0 bridgehead atoms. The molecular formula is C20H29N3O6. The van der Waals surface area contributed by atoms with Gasteiger partial charge in [-0.1, -0.05) is 19.8 Å². The number of hydrogen-bond acceptors (Lipinski definition) is 7. The Morgan fingerprint density at radius 3 is 2.69 bits per heavy atom. The van der Waals surface area contributed by atoms with Gasteiger partial charge in [0.15, 0.2) is 6.10 Å². The van der Waals surface area contributed by atoms with Crippen molar-refractivity contribution >= 4 is 23.3 Å². The molecule has 29 heavy (non-hydrogen) atoms. The smallest absolute Gasteiger partial charge is 0.341 e. The first-order valence-corrected chi connectivity index (χ1v) is 9.86. The molecule has 1 fully saturated rings. The number of nitrogens with zero attached hydrogens (tertiary/aromatic N) is 1. The molecule has 160 valence electrons. The van der Waals surface area contributed by atoms with Crippen molar-refractivity contribution in [3.63, 3.8) is 0 Å². The van der Waals surface area contributed by atoms with Crippen LogP contribution in [0, 0.1) is 16.0 Å². The van der Waals surface area contributed by atoms with E-state index < -0.39 is 17.0 Å². The number of benzene rings is 1. The Balaban J connectivity index is 2.07. The minimum absolute atomic E-state index is 0.000914. The van der Waals surface area contributed by atoms with Crippen molar-refractivity contribution in [3.05, 3.63) is 33.9 Å². The Labute approximate surface area is 170 Å². The fourth-order valence-electron chi connectivity index (χ4n) is 3.36. The molecule has 1 saturated carbocycles. The van der Waals surface area contributed by atoms with Crippen LogP contribution in [0.5, 0.6) is 0 Å². The minimum atomic E-state index is -1.01. The van der Waals surface area contributed by atoms with E-state index in [4.69, 9.17) is 9.47 Å². The predicted molar refractivity (Wildman–Crippen MR) is 108 cm³/mol. The highest BCUT2D eigenvalue weighted by atomic mass is 16.6. The molecule has 9 nitrogen and oxygen atoms in total. The number of carbonyl (C=O) groups is 2. The van der Waals surface area contributed by atoms with E-state index in [1.54, 1.807) is 7.11 Å². The van der Waals surface area contributed by atoms with Gasteiger partial charge in [-0.15, -0.1) is 0 Å². The fourth-order valence-corrected chi connectivity index (χ4v) is 3.36. The van der Waals surface area contributed by atoms with Crippen molar-refractivity contribution in [1.82, 2.24) is 5.32 Å². The second-order valence-electron chi connectivity index (χ2n) is 7.33. The number of nitro groups is 1. The van der Waals surface area contributed by atoms with Gasteiger partial charge in [-0.3, -0.25) is 14.9 Å². The van der Waals surface area contributed by atoms with Crippen LogP contribution in [0.25, 0.3) is 0 Å². The molecule has 0 aliphatic heterocycles. The van der Waals surface area contributed by atoms with Gasteiger partial charge in [0.1, 0.15) is 0 Å². The summed E-state index contributed by atoms with van der Waals surface area (Å²) < 4.78 is 10.3. The lowest BCUT2D eigenvalue weighted by molar-refractivity contribution is -0.384. The monoisotopic (exact) mass is 407 g/mol. The van der Waals surface area contributed by atoms with Crippen LogP contribution in [0.2, 0.25) is 0 Å². The van der Waals surface area contributed by atoms with Crippen LogP contribution in [0.4, 0.5) is 11.4 Å². The van der Waals surface area contributed by atoms with Crippen LogP contribution in [0.15, 0.2) is 18.2 Å². The molecule has 0 radical (unpaired) electrons. The molecule has 3 atom stereocenters. The molecule has 1 aliphatic rings.